The third-order valence-electron chi connectivity index (χ3n) is 5.33. The van der Waals surface area contributed by atoms with Gasteiger partial charge in [0, 0.05) is 31.8 Å². The number of aliphatic hydroxyl groups is 1. The van der Waals surface area contributed by atoms with Crippen molar-refractivity contribution in [3.8, 4) is 28.6 Å². The zero-order valence-electron chi connectivity index (χ0n) is 20.3. The normalized spacial score (nSPS) is 12.0. The summed E-state index contributed by atoms with van der Waals surface area (Å²) in [4.78, 5) is 2.21. The lowest BCUT2D eigenvalue weighted by Crippen LogP contribution is -2.35. The summed E-state index contributed by atoms with van der Waals surface area (Å²) in [7, 11) is 3.52. The molecule has 2 aromatic carbocycles. The number of benzene rings is 2. The van der Waals surface area contributed by atoms with Crippen LogP contribution >= 0.6 is 0 Å². The highest BCUT2D eigenvalue weighted by molar-refractivity contribution is 5.65. The Kier molecular flexibility index (Phi) is 9.70. The second-order valence-corrected chi connectivity index (χ2v) is 8.12. The van der Waals surface area contributed by atoms with Crippen LogP contribution in [0.1, 0.15) is 18.9 Å². The smallest absolute Gasteiger partial charge is 0.222 e. The van der Waals surface area contributed by atoms with E-state index in [-0.39, 0.29) is 6.61 Å². The molecule has 0 aliphatic heterocycles. The summed E-state index contributed by atoms with van der Waals surface area (Å²) in [5.74, 6) is 2.05. The number of ether oxygens (including phenoxy) is 3. The Morgan fingerprint density at radius 3 is 2.62 bits per heavy atom. The maximum atomic E-state index is 10.5. The van der Waals surface area contributed by atoms with Crippen LogP contribution in [0.25, 0.3) is 11.3 Å². The molecule has 3 aromatic rings. The van der Waals surface area contributed by atoms with Crippen molar-refractivity contribution >= 4 is 0 Å². The Labute approximate surface area is 202 Å². The predicted molar refractivity (Wildman–Crippen MR) is 134 cm³/mol. The van der Waals surface area contributed by atoms with Crippen LogP contribution in [-0.2, 0) is 18.3 Å². The molecule has 1 atom stereocenters. The molecule has 0 bridgehead atoms. The van der Waals surface area contributed by atoms with Crippen molar-refractivity contribution in [3.05, 3.63) is 72.8 Å². The molecule has 7 heteroatoms. The van der Waals surface area contributed by atoms with Gasteiger partial charge in [-0.25, -0.2) is 4.68 Å². The van der Waals surface area contributed by atoms with Gasteiger partial charge < -0.3 is 19.3 Å². The minimum atomic E-state index is -0.605. The van der Waals surface area contributed by atoms with E-state index in [1.807, 2.05) is 61.6 Å². The van der Waals surface area contributed by atoms with Crippen LogP contribution in [0.15, 0.2) is 67.3 Å². The number of methoxy groups -OCH3 is 1. The third kappa shape index (κ3) is 6.93. The molecule has 0 fully saturated rings. The van der Waals surface area contributed by atoms with Gasteiger partial charge in [-0.15, -0.1) is 6.58 Å². The van der Waals surface area contributed by atoms with Gasteiger partial charge in [-0.2, -0.15) is 5.10 Å². The van der Waals surface area contributed by atoms with Gasteiger partial charge in [-0.1, -0.05) is 49.4 Å². The second kappa shape index (κ2) is 12.9. The minimum absolute atomic E-state index is 0.262. The minimum Gasteiger partial charge on any atom is -0.497 e. The Hall–Kier alpha value is -3.13. The first kappa shape index (κ1) is 25.5. The Balaban J connectivity index is 1.93. The summed E-state index contributed by atoms with van der Waals surface area (Å²) in [6.45, 7) is 8.33. The maximum Gasteiger partial charge on any atom is 0.222 e. The maximum absolute atomic E-state index is 10.5. The average Bonchev–Trinajstić information content (AvgIpc) is 3.15. The van der Waals surface area contributed by atoms with Gasteiger partial charge in [0.25, 0.3) is 0 Å². The van der Waals surface area contributed by atoms with Gasteiger partial charge in [-0.3, -0.25) is 4.90 Å². The molecule has 34 heavy (non-hydrogen) atoms. The predicted octanol–water partition coefficient (Wildman–Crippen LogP) is 4.66. The van der Waals surface area contributed by atoms with E-state index >= 15 is 0 Å². The third-order valence-corrected chi connectivity index (χ3v) is 5.33. The highest BCUT2D eigenvalue weighted by atomic mass is 16.5. The number of aromatic nitrogens is 2. The average molecular weight is 466 g/mol. The first-order valence-electron chi connectivity index (χ1n) is 11.6. The Morgan fingerprint density at radius 1 is 1.15 bits per heavy atom. The number of nitrogens with zero attached hydrogens (tertiary/aromatic N) is 3. The van der Waals surface area contributed by atoms with E-state index in [9.17, 15) is 5.11 Å². The zero-order chi connectivity index (χ0) is 24.3. The molecule has 0 saturated heterocycles. The first-order chi connectivity index (χ1) is 16.5. The topological polar surface area (TPSA) is 69.0 Å². The second-order valence-electron chi connectivity index (χ2n) is 8.12. The molecule has 1 aromatic heterocycles. The highest BCUT2D eigenvalue weighted by Gasteiger charge is 2.23. The van der Waals surface area contributed by atoms with Crippen LogP contribution in [0.2, 0.25) is 0 Å². The van der Waals surface area contributed by atoms with E-state index in [0.717, 1.165) is 35.5 Å². The van der Waals surface area contributed by atoms with Crippen LogP contribution in [0.3, 0.4) is 0 Å². The summed E-state index contributed by atoms with van der Waals surface area (Å²) in [6, 6.07) is 17.6. The lowest BCUT2D eigenvalue weighted by atomic mass is 10.1. The molecular weight excluding hydrogens is 430 g/mol. The van der Waals surface area contributed by atoms with E-state index in [1.54, 1.807) is 17.9 Å². The van der Waals surface area contributed by atoms with Gasteiger partial charge >= 0.3 is 0 Å². The largest absolute Gasteiger partial charge is 0.497 e. The van der Waals surface area contributed by atoms with Crippen molar-refractivity contribution in [1.82, 2.24) is 14.7 Å². The molecule has 0 radical (unpaired) electrons. The number of aryl methyl sites for hydroxylation is 1. The first-order valence-corrected chi connectivity index (χ1v) is 11.6. The van der Waals surface area contributed by atoms with Crippen molar-refractivity contribution in [3.63, 3.8) is 0 Å². The van der Waals surface area contributed by atoms with E-state index in [1.165, 1.54) is 0 Å². The quantitative estimate of drug-likeness (QED) is 0.276. The standard InChI is InChI=1S/C27H35N3O4/c1-5-15-30(18-22(31)20-33-16-6-2)19-25-26(21-11-8-7-9-12-21)28-29(3)27(25)34-24-14-10-13-23(17-24)32-4/h6-14,17,22,31H,2,5,15-16,18-20H2,1,3-4H3/t22-/m1/s1. The van der Waals surface area contributed by atoms with Gasteiger partial charge in [0.05, 0.1) is 32.0 Å². The van der Waals surface area contributed by atoms with Crippen molar-refractivity contribution < 1.29 is 19.3 Å². The fraction of sp³-hybridized carbons (Fsp3) is 0.370. The molecular formula is C27H35N3O4. The van der Waals surface area contributed by atoms with Crippen LogP contribution in [-0.4, -0.2) is 59.3 Å². The number of aliphatic hydroxyl groups excluding tert-OH is 1. The van der Waals surface area contributed by atoms with Crippen LogP contribution in [0, 0.1) is 0 Å². The summed E-state index contributed by atoms with van der Waals surface area (Å²) in [5, 5.41) is 15.3. The highest BCUT2D eigenvalue weighted by Crippen LogP contribution is 2.35. The fourth-order valence-electron chi connectivity index (χ4n) is 3.84. The van der Waals surface area contributed by atoms with Gasteiger partial charge in [0.15, 0.2) is 0 Å². The zero-order valence-corrected chi connectivity index (χ0v) is 20.3. The van der Waals surface area contributed by atoms with Crippen LogP contribution < -0.4 is 9.47 Å². The lowest BCUT2D eigenvalue weighted by molar-refractivity contribution is 0.0245. The molecule has 0 aliphatic rings. The van der Waals surface area contributed by atoms with E-state index < -0.39 is 6.10 Å². The van der Waals surface area contributed by atoms with E-state index in [0.29, 0.717) is 31.3 Å². The molecule has 7 nitrogen and oxygen atoms in total. The van der Waals surface area contributed by atoms with Crippen LogP contribution in [0.5, 0.6) is 17.4 Å². The van der Waals surface area contributed by atoms with Crippen LogP contribution in [0.4, 0.5) is 0 Å². The van der Waals surface area contributed by atoms with E-state index in [4.69, 9.17) is 19.3 Å². The molecule has 0 spiro atoms. The van der Waals surface area contributed by atoms with Gasteiger partial charge in [0.1, 0.15) is 17.2 Å². The van der Waals surface area contributed by atoms with Crippen molar-refractivity contribution in [2.24, 2.45) is 7.05 Å². The lowest BCUT2D eigenvalue weighted by Gasteiger charge is -2.25. The van der Waals surface area contributed by atoms with Crippen molar-refractivity contribution in [1.29, 1.82) is 0 Å². The summed E-state index contributed by atoms with van der Waals surface area (Å²) in [6.07, 6.45) is 2.03. The SMILES string of the molecule is C=CCOC[C@H](O)CN(CCC)Cc1c(-c2ccccc2)nn(C)c1Oc1cccc(OC)c1. The molecule has 3 rings (SSSR count). The molecule has 182 valence electrons. The molecule has 0 saturated carbocycles. The summed E-state index contributed by atoms with van der Waals surface area (Å²) >= 11 is 0. The molecule has 1 heterocycles. The Morgan fingerprint density at radius 2 is 1.91 bits per heavy atom. The summed E-state index contributed by atoms with van der Waals surface area (Å²) < 4.78 is 18.9. The fourth-order valence-corrected chi connectivity index (χ4v) is 3.84. The van der Waals surface area contributed by atoms with Gasteiger partial charge in [0.2, 0.25) is 5.88 Å². The number of rotatable bonds is 14. The van der Waals surface area contributed by atoms with E-state index in [2.05, 4.69) is 18.4 Å². The molecule has 1 N–H and O–H groups in total. The molecule has 0 unspecified atom stereocenters. The molecule has 0 aliphatic carbocycles. The number of hydrogen-bond acceptors (Lipinski definition) is 6. The number of hydrogen-bond donors (Lipinski definition) is 1. The molecule has 0 amide bonds. The van der Waals surface area contributed by atoms with Crippen molar-refractivity contribution in [2.75, 3.05) is 33.4 Å². The van der Waals surface area contributed by atoms with Crippen molar-refractivity contribution in [2.45, 2.75) is 26.0 Å². The Bertz CT molecular complexity index is 1040. The monoisotopic (exact) mass is 465 g/mol. The summed E-state index contributed by atoms with van der Waals surface area (Å²) in [5.41, 5.74) is 2.84. The van der Waals surface area contributed by atoms with Gasteiger partial charge in [-0.05, 0) is 25.1 Å².